The van der Waals surface area contributed by atoms with Gasteiger partial charge in [0.1, 0.15) is 28.4 Å². The van der Waals surface area contributed by atoms with Crippen LogP contribution in [0.1, 0.15) is 0 Å². The number of aromatic nitrogens is 3. The molecule has 2 aromatic heterocycles. The molecule has 2 heterocycles. The summed E-state index contributed by atoms with van der Waals surface area (Å²) in [6.07, 6.45) is 1.70. The first kappa shape index (κ1) is 16.4. The molecule has 2 N–H and O–H groups in total. The molecule has 7 heteroatoms. The molecule has 0 fully saturated rings. The first-order valence-corrected chi connectivity index (χ1v) is 9.51. The molecule has 0 aliphatic rings. The minimum absolute atomic E-state index is 0.418. The van der Waals surface area contributed by atoms with Gasteiger partial charge in [-0.15, -0.1) is 5.10 Å². The molecule has 1 atom stereocenters. The number of fused-ring (bicyclic) bond motifs is 1. The predicted octanol–water partition coefficient (Wildman–Crippen LogP) is 4.67. The van der Waals surface area contributed by atoms with E-state index in [0.717, 1.165) is 22.5 Å². The lowest BCUT2D eigenvalue weighted by molar-refractivity contribution is 0.471. The number of hydrogen-bond donors (Lipinski definition) is 1. The van der Waals surface area contributed by atoms with Crippen molar-refractivity contribution in [3.8, 4) is 23.0 Å². The third-order valence-electron chi connectivity index (χ3n) is 3.80. The summed E-state index contributed by atoms with van der Waals surface area (Å²) in [5, 5.41) is 5.04. The number of rotatable bonds is 5. The van der Waals surface area contributed by atoms with Gasteiger partial charge in [0.2, 0.25) is 0 Å². The number of para-hydroxylation sites is 1. The maximum Gasteiger partial charge on any atom is 0.166 e. The molecule has 6 nitrogen and oxygen atoms in total. The maximum atomic E-state index is 6.05. The van der Waals surface area contributed by atoms with E-state index >= 15 is 0 Å². The molecule has 0 saturated carbocycles. The summed E-state index contributed by atoms with van der Waals surface area (Å²) >= 11 is 0. The van der Waals surface area contributed by atoms with Gasteiger partial charge in [0.15, 0.2) is 11.5 Å². The van der Waals surface area contributed by atoms with Gasteiger partial charge in [0.05, 0.1) is 0 Å². The minimum Gasteiger partial charge on any atom is -0.457 e. The van der Waals surface area contributed by atoms with E-state index in [0.29, 0.717) is 26.0 Å². The SMILES string of the molecule is CPn1nc(N)c2c(Oc3ccc(Oc4ccccc4)cc3)ccnc21. The van der Waals surface area contributed by atoms with Crippen LogP contribution in [0.25, 0.3) is 11.0 Å². The Morgan fingerprint density at radius 3 is 2.23 bits per heavy atom. The van der Waals surface area contributed by atoms with Crippen molar-refractivity contribution in [3.63, 3.8) is 0 Å². The Hall–Kier alpha value is -3.11. The molecule has 1 unspecified atom stereocenters. The molecule has 0 amide bonds. The lowest BCUT2D eigenvalue weighted by Crippen LogP contribution is -1.90. The summed E-state index contributed by atoms with van der Waals surface area (Å²) < 4.78 is 13.6. The lowest BCUT2D eigenvalue weighted by atomic mass is 10.3. The van der Waals surface area contributed by atoms with E-state index in [1.807, 2.05) is 61.3 Å². The zero-order valence-corrected chi connectivity index (χ0v) is 15.1. The fourth-order valence-corrected chi connectivity index (χ4v) is 3.20. The van der Waals surface area contributed by atoms with Crippen LogP contribution in [0.3, 0.4) is 0 Å². The molecule has 0 spiro atoms. The van der Waals surface area contributed by atoms with Crippen LogP contribution in [-0.4, -0.2) is 21.2 Å². The number of benzene rings is 2. The second-order valence-electron chi connectivity index (χ2n) is 5.52. The van der Waals surface area contributed by atoms with Crippen LogP contribution in [-0.2, 0) is 0 Å². The Morgan fingerprint density at radius 1 is 0.885 bits per heavy atom. The Balaban J connectivity index is 1.58. The molecule has 0 aliphatic heterocycles. The van der Waals surface area contributed by atoms with Gasteiger partial charge in [0.25, 0.3) is 0 Å². The highest BCUT2D eigenvalue weighted by atomic mass is 31.1. The van der Waals surface area contributed by atoms with Gasteiger partial charge in [-0.3, -0.25) is 0 Å². The number of ether oxygens (including phenoxy) is 2. The molecule has 4 aromatic rings. The number of anilines is 1. The molecule has 0 bridgehead atoms. The number of nitrogen functional groups attached to an aromatic ring is 1. The average Bonchev–Trinajstić information content (AvgIpc) is 3.01. The van der Waals surface area contributed by atoms with E-state index in [-0.39, 0.29) is 0 Å². The maximum absolute atomic E-state index is 6.05. The average molecular weight is 364 g/mol. The van der Waals surface area contributed by atoms with Gasteiger partial charge in [-0.1, -0.05) is 18.2 Å². The summed E-state index contributed by atoms with van der Waals surface area (Å²) in [5.41, 5.74) is 6.78. The molecule has 0 radical (unpaired) electrons. The van der Waals surface area contributed by atoms with Gasteiger partial charge in [-0.05, 0) is 43.1 Å². The van der Waals surface area contributed by atoms with Crippen LogP contribution < -0.4 is 15.2 Å². The largest absolute Gasteiger partial charge is 0.457 e. The molecule has 0 saturated heterocycles. The smallest absolute Gasteiger partial charge is 0.166 e. The zero-order valence-electron chi connectivity index (χ0n) is 14.1. The minimum atomic E-state index is 0.418. The Bertz CT molecular complexity index is 1030. The Kier molecular flexibility index (Phi) is 4.42. The van der Waals surface area contributed by atoms with Gasteiger partial charge in [-0.25, -0.2) is 9.44 Å². The van der Waals surface area contributed by atoms with Crippen molar-refractivity contribution in [2.24, 2.45) is 0 Å². The summed E-state index contributed by atoms with van der Waals surface area (Å²) in [7, 11) is 0.444. The molecule has 26 heavy (non-hydrogen) atoms. The fraction of sp³-hybridized carbons (Fsp3) is 0.0526. The summed E-state index contributed by atoms with van der Waals surface area (Å²) in [6.45, 7) is 2.02. The van der Waals surface area contributed by atoms with Crippen LogP contribution in [0.5, 0.6) is 23.0 Å². The van der Waals surface area contributed by atoms with Crippen LogP contribution >= 0.6 is 8.73 Å². The molecule has 130 valence electrons. The highest BCUT2D eigenvalue weighted by molar-refractivity contribution is 7.35. The highest BCUT2D eigenvalue weighted by Gasteiger charge is 2.14. The van der Waals surface area contributed by atoms with E-state index in [4.69, 9.17) is 15.2 Å². The third-order valence-corrected chi connectivity index (χ3v) is 4.53. The molecule has 4 rings (SSSR count). The van der Waals surface area contributed by atoms with Crippen molar-refractivity contribution >= 4 is 25.6 Å². The first-order valence-electron chi connectivity index (χ1n) is 8.06. The zero-order chi connectivity index (χ0) is 17.9. The van der Waals surface area contributed by atoms with Crippen molar-refractivity contribution in [1.29, 1.82) is 0 Å². The monoisotopic (exact) mass is 364 g/mol. The normalized spacial score (nSPS) is 11.3. The molecule has 2 aromatic carbocycles. The second kappa shape index (κ2) is 7.02. The number of nitrogens with two attached hydrogens (primary N) is 1. The summed E-state index contributed by atoms with van der Waals surface area (Å²) in [6, 6.07) is 18.9. The van der Waals surface area contributed by atoms with Crippen molar-refractivity contribution in [2.75, 3.05) is 12.4 Å². The Morgan fingerprint density at radius 2 is 1.54 bits per heavy atom. The topological polar surface area (TPSA) is 75.2 Å². The lowest BCUT2D eigenvalue weighted by Gasteiger charge is -2.09. The van der Waals surface area contributed by atoms with Gasteiger partial charge in [0, 0.05) is 21.0 Å². The first-order chi connectivity index (χ1) is 12.7. The van der Waals surface area contributed by atoms with E-state index in [1.54, 1.807) is 16.7 Å². The van der Waals surface area contributed by atoms with Gasteiger partial charge < -0.3 is 15.2 Å². The van der Waals surface area contributed by atoms with E-state index in [2.05, 4.69) is 10.1 Å². The summed E-state index contributed by atoms with van der Waals surface area (Å²) in [5.74, 6) is 3.26. The number of hydrogen-bond acceptors (Lipinski definition) is 5. The van der Waals surface area contributed by atoms with E-state index in [9.17, 15) is 0 Å². The van der Waals surface area contributed by atoms with Crippen LogP contribution in [0.4, 0.5) is 5.82 Å². The molecular weight excluding hydrogens is 347 g/mol. The summed E-state index contributed by atoms with van der Waals surface area (Å²) in [4.78, 5) is 4.36. The Labute approximate surface area is 152 Å². The van der Waals surface area contributed by atoms with Crippen molar-refractivity contribution in [2.45, 2.75) is 0 Å². The van der Waals surface area contributed by atoms with Crippen molar-refractivity contribution in [3.05, 3.63) is 66.9 Å². The standard InChI is InChI=1S/C19H17N4O2P/c1-26-23-19-17(18(20)22-23)16(11-12-21-19)25-15-9-7-14(8-10-15)24-13-5-3-2-4-6-13/h2-12,26H,1H3,(H2,20,22). The van der Waals surface area contributed by atoms with Crippen LogP contribution in [0.15, 0.2) is 66.9 Å². The number of nitrogens with zero attached hydrogens (tertiary/aromatic N) is 3. The van der Waals surface area contributed by atoms with Crippen molar-refractivity contribution in [1.82, 2.24) is 14.5 Å². The van der Waals surface area contributed by atoms with E-state index in [1.165, 1.54) is 0 Å². The highest BCUT2D eigenvalue weighted by Crippen LogP contribution is 2.35. The van der Waals surface area contributed by atoms with Crippen LogP contribution in [0, 0.1) is 0 Å². The fourth-order valence-electron chi connectivity index (χ4n) is 2.61. The molecular formula is C19H17N4O2P. The van der Waals surface area contributed by atoms with Gasteiger partial charge >= 0.3 is 0 Å². The van der Waals surface area contributed by atoms with Gasteiger partial charge in [-0.2, -0.15) is 0 Å². The quantitative estimate of drug-likeness (QED) is 0.521. The second-order valence-corrected chi connectivity index (χ2v) is 6.39. The molecule has 0 aliphatic carbocycles. The van der Waals surface area contributed by atoms with Crippen LogP contribution in [0.2, 0.25) is 0 Å². The predicted molar refractivity (Wildman–Crippen MR) is 105 cm³/mol. The number of pyridine rings is 1. The van der Waals surface area contributed by atoms with Crippen molar-refractivity contribution < 1.29 is 9.47 Å². The third kappa shape index (κ3) is 3.19. The van der Waals surface area contributed by atoms with E-state index < -0.39 is 0 Å².